The maximum atomic E-state index is 10.8. The SMILES string of the molecule is C=C1CC(OC(C)=O)CC(COC(C)=O)S1. The van der Waals surface area contributed by atoms with Gasteiger partial charge < -0.3 is 9.47 Å². The quantitative estimate of drug-likeness (QED) is 0.710. The Morgan fingerprint density at radius 3 is 2.69 bits per heavy atom. The van der Waals surface area contributed by atoms with Gasteiger partial charge in [0.25, 0.3) is 0 Å². The van der Waals surface area contributed by atoms with E-state index in [1.165, 1.54) is 13.8 Å². The van der Waals surface area contributed by atoms with Crippen LogP contribution in [0.15, 0.2) is 11.5 Å². The van der Waals surface area contributed by atoms with Gasteiger partial charge in [-0.3, -0.25) is 9.59 Å². The van der Waals surface area contributed by atoms with Crippen LogP contribution < -0.4 is 0 Å². The number of esters is 2. The molecule has 4 nitrogen and oxygen atoms in total. The summed E-state index contributed by atoms with van der Waals surface area (Å²) in [6.07, 6.45) is 1.25. The minimum Gasteiger partial charge on any atom is -0.465 e. The number of ether oxygens (including phenoxy) is 2. The fourth-order valence-corrected chi connectivity index (χ4v) is 2.80. The van der Waals surface area contributed by atoms with Gasteiger partial charge in [0.1, 0.15) is 12.7 Å². The third-order valence-electron chi connectivity index (χ3n) is 2.12. The Labute approximate surface area is 99.4 Å². The van der Waals surface area contributed by atoms with Crippen LogP contribution in [0.4, 0.5) is 0 Å². The lowest BCUT2D eigenvalue weighted by atomic mass is 10.1. The zero-order chi connectivity index (χ0) is 12.1. The molecule has 0 aromatic rings. The average molecular weight is 244 g/mol. The summed E-state index contributed by atoms with van der Waals surface area (Å²) in [4.78, 5) is 22.5. The van der Waals surface area contributed by atoms with Crippen molar-refractivity contribution in [2.45, 2.75) is 38.0 Å². The molecular formula is C11H16O4S. The third kappa shape index (κ3) is 4.70. The molecular weight excluding hydrogens is 228 g/mol. The zero-order valence-electron chi connectivity index (χ0n) is 9.52. The van der Waals surface area contributed by atoms with Gasteiger partial charge in [-0.05, 0) is 4.91 Å². The highest BCUT2D eigenvalue weighted by Crippen LogP contribution is 2.35. The Kier molecular flexibility index (Phi) is 4.86. The molecule has 0 amide bonds. The molecule has 0 radical (unpaired) electrons. The summed E-state index contributed by atoms with van der Waals surface area (Å²) in [5, 5.41) is 0.134. The van der Waals surface area contributed by atoms with E-state index in [1.807, 2.05) is 0 Å². The van der Waals surface area contributed by atoms with Gasteiger partial charge in [-0.25, -0.2) is 0 Å². The Hall–Kier alpha value is -0.970. The second kappa shape index (κ2) is 5.94. The molecule has 0 bridgehead atoms. The van der Waals surface area contributed by atoms with Crippen LogP contribution in [0, 0.1) is 0 Å². The molecule has 2 atom stereocenters. The van der Waals surface area contributed by atoms with Crippen molar-refractivity contribution in [3.63, 3.8) is 0 Å². The van der Waals surface area contributed by atoms with Crippen LogP contribution in [0.5, 0.6) is 0 Å². The average Bonchev–Trinajstić information content (AvgIpc) is 2.12. The molecule has 16 heavy (non-hydrogen) atoms. The van der Waals surface area contributed by atoms with Crippen molar-refractivity contribution in [3.8, 4) is 0 Å². The fourth-order valence-electron chi connectivity index (χ4n) is 1.60. The maximum Gasteiger partial charge on any atom is 0.302 e. The summed E-state index contributed by atoms with van der Waals surface area (Å²) in [5.74, 6) is -0.572. The van der Waals surface area contributed by atoms with Crippen molar-refractivity contribution < 1.29 is 19.1 Å². The molecule has 1 aliphatic heterocycles. The van der Waals surface area contributed by atoms with E-state index in [9.17, 15) is 9.59 Å². The van der Waals surface area contributed by atoms with Crippen LogP contribution in [0.2, 0.25) is 0 Å². The Bertz CT molecular complexity index is 298. The van der Waals surface area contributed by atoms with Crippen LogP contribution in [0.25, 0.3) is 0 Å². The predicted octanol–water partition coefficient (Wildman–Crippen LogP) is 1.89. The molecule has 90 valence electrons. The molecule has 1 aliphatic rings. The van der Waals surface area contributed by atoms with Crippen molar-refractivity contribution in [2.24, 2.45) is 0 Å². The summed E-state index contributed by atoms with van der Waals surface area (Å²) < 4.78 is 10.1. The molecule has 5 heteroatoms. The van der Waals surface area contributed by atoms with E-state index >= 15 is 0 Å². The molecule has 0 saturated carbocycles. The van der Waals surface area contributed by atoms with Crippen molar-refractivity contribution in [1.29, 1.82) is 0 Å². The molecule has 2 unspecified atom stereocenters. The van der Waals surface area contributed by atoms with Crippen LogP contribution in [-0.2, 0) is 19.1 Å². The minimum atomic E-state index is -0.291. The van der Waals surface area contributed by atoms with Gasteiger partial charge in [-0.15, -0.1) is 11.8 Å². The van der Waals surface area contributed by atoms with E-state index in [0.29, 0.717) is 19.4 Å². The monoisotopic (exact) mass is 244 g/mol. The third-order valence-corrected chi connectivity index (χ3v) is 3.28. The zero-order valence-corrected chi connectivity index (χ0v) is 10.3. The van der Waals surface area contributed by atoms with E-state index < -0.39 is 0 Å². The molecule has 0 aromatic carbocycles. The van der Waals surface area contributed by atoms with Gasteiger partial charge in [0, 0.05) is 31.9 Å². The van der Waals surface area contributed by atoms with E-state index in [1.54, 1.807) is 11.8 Å². The Balaban J connectivity index is 2.44. The first-order valence-corrected chi connectivity index (χ1v) is 6.00. The van der Waals surface area contributed by atoms with E-state index in [0.717, 1.165) is 4.91 Å². The molecule has 0 aliphatic carbocycles. The highest BCUT2D eigenvalue weighted by molar-refractivity contribution is 8.03. The smallest absolute Gasteiger partial charge is 0.302 e. The van der Waals surface area contributed by atoms with Gasteiger partial charge >= 0.3 is 11.9 Å². The molecule has 0 aromatic heterocycles. The lowest BCUT2D eigenvalue weighted by Crippen LogP contribution is -2.29. The van der Waals surface area contributed by atoms with Gasteiger partial charge in [-0.2, -0.15) is 0 Å². The van der Waals surface area contributed by atoms with E-state index in [2.05, 4.69) is 6.58 Å². The van der Waals surface area contributed by atoms with Crippen LogP contribution >= 0.6 is 11.8 Å². The lowest BCUT2D eigenvalue weighted by Gasteiger charge is -2.29. The van der Waals surface area contributed by atoms with Crippen LogP contribution in [-0.4, -0.2) is 29.9 Å². The first-order chi connectivity index (χ1) is 7.47. The summed E-state index contributed by atoms with van der Waals surface area (Å²) in [7, 11) is 0. The lowest BCUT2D eigenvalue weighted by molar-refractivity contribution is -0.147. The van der Waals surface area contributed by atoms with Crippen LogP contribution in [0.3, 0.4) is 0 Å². The van der Waals surface area contributed by atoms with Gasteiger partial charge in [-0.1, -0.05) is 6.58 Å². The minimum absolute atomic E-state index is 0.133. The molecule has 1 fully saturated rings. The van der Waals surface area contributed by atoms with Crippen molar-refractivity contribution in [3.05, 3.63) is 11.5 Å². The van der Waals surface area contributed by atoms with Gasteiger partial charge in [0.05, 0.1) is 0 Å². The topological polar surface area (TPSA) is 52.6 Å². The number of rotatable bonds is 3. The van der Waals surface area contributed by atoms with Gasteiger partial charge in [0.2, 0.25) is 0 Å². The number of hydrogen-bond acceptors (Lipinski definition) is 5. The van der Waals surface area contributed by atoms with Crippen molar-refractivity contribution in [2.75, 3.05) is 6.61 Å². The Morgan fingerprint density at radius 1 is 1.44 bits per heavy atom. The van der Waals surface area contributed by atoms with E-state index in [-0.39, 0.29) is 23.3 Å². The Morgan fingerprint density at radius 2 is 2.12 bits per heavy atom. The molecule has 0 spiro atoms. The second-order valence-electron chi connectivity index (χ2n) is 3.75. The number of carbonyl (C=O) groups is 2. The van der Waals surface area contributed by atoms with Gasteiger partial charge in [0.15, 0.2) is 0 Å². The highest BCUT2D eigenvalue weighted by Gasteiger charge is 2.27. The summed E-state index contributed by atoms with van der Waals surface area (Å²) >= 11 is 1.60. The van der Waals surface area contributed by atoms with Crippen LogP contribution in [0.1, 0.15) is 26.7 Å². The predicted molar refractivity (Wildman–Crippen MR) is 61.9 cm³/mol. The number of thioether (sulfide) groups is 1. The highest BCUT2D eigenvalue weighted by atomic mass is 32.2. The summed E-state index contributed by atoms with van der Waals surface area (Å²) in [6.45, 7) is 7.00. The summed E-state index contributed by atoms with van der Waals surface area (Å²) in [6, 6.07) is 0. The molecule has 1 heterocycles. The van der Waals surface area contributed by atoms with Crippen molar-refractivity contribution >= 4 is 23.7 Å². The normalized spacial score (nSPS) is 25.0. The first-order valence-electron chi connectivity index (χ1n) is 5.12. The first kappa shape index (κ1) is 13.1. The molecule has 1 saturated heterocycles. The fraction of sp³-hybridized carbons (Fsp3) is 0.636. The standard InChI is InChI=1S/C11H16O4S/c1-7-4-10(15-9(3)13)5-11(16-7)6-14-8(2)12/h10-11H,1,4-6H2,2-3H3. The van der Waals surface area contributed by atoms with E-state index in [4.69, 9.17) is 9.47 Å². The molecule has 0 N–H and O–H groups in total. The second-order valence-corrected chi connectivity index (χ2v) is 5.23. The summed E-state index contributed by atoms with van der Waals surface area (Å²) in [5.41, 5.74) is 0. The number of hydrogen-bond donors (Lipinski definition) is 0. The van der Waals surface area contributed by atoms with Crippen molar-refractivity contribution in [1.82, 2.24) is 0 Å². The molecule has 1 rings (SSSR count). The maximum absolute atomic E-state index is 10.8. The largest absolute Gasteiger partial charge is 0.465 e. The number of carbonyl (C=O) groups excluding carboxylic acids is 2.